The second kappa shape index (κ2) is 7.15. The first kappa shape index (κ1) is 19.1. The van der Waals surface area contributed by atoms with Crippen LogP contribution >= 0.6 is 0 Å². The molecule has 0 aliphatic carbocycles. The first-order valence-electron chi connectivity index (χ1n) is 8.76. The summed E-state index contributed by atoms with van der Waals surface area (Å²) < 4.78 is 27.0. The molecule has 3 rings (SSSR count). The van der Waals surface area contributed by atoms with Gasteiger partial charge in [0.25, 0.3) is 10.0 Å². The molecule has 0 unspecified atom stereocenters. The fraction of sp³-hybridized carbons (Fsp3) is 0.300. The number of nitrogens with zero attached hydrogens (tertiary/aromatic N) is 1. The number of nitrogens with one attached hydrogen (secondary N) is 2. The molecule has 1 aliphatic rings. The number of fused-ring (bicyclic) bond motifs is 1. The molecule has 0 saturated heterocycles. The number of aliphatic imine (C=N–C) groups is 1. The van der Waals surface area contributed by atoms with E-state index in [4.69, 9.17) is 0 Å². The Balaban J connectivity index is 1.93. The normalized spacial score (nSPS) is 17.4. The Kier molecular flexibility index (Phi) is 5.06. The van der Waals surface area contributed by atoms with Crippen molar-refractivity contribution in [3.05, 3.63) is 59.2 Å². The van der Waals surface area contributed by atoms with Crippen molar-refractivity contribution < 1.29 is 13.2 Å². The number of carbonyl (C=O) groups excluding carboxylic acids is 1. The van der Waals surface area contributed by atoms with Gasteiger partial charge in [0.15, 0.2) is 0 Å². The summed E-state index contributed by atoms with van der Waals surface area (Å²) in [6, 6.07) is 11.7. The van der Waals surface area contributed by atoms with Crippen molar-refractivity contribution in [3.63, 3.8) is 0 Å². The van der Waals surface area contributed by atoms with Crippen molar-refractivity contribution in [2.75, 3.05) is 5.32 Å². The predicted molar refractivity (Wildman–Crippen MR) is 106 cm³/mol. The van der Waals surface area contributed by atoms with E-state index in [1.807, 2.05) is 45.9 Å². The summed E-state index contributed by atoms with van der Waals surface area (Å²) in [5.74, 6) is -0.174. The zero-order chi connectivity index (χ0) is 19.8. The van der Waals surface area contributed by atoms with Gasteiger partial charge < -0.3 is 5.32 Å². The van der Waals surface area contributed by atoms with Crippen LogP contribution in [0.2, 0.25) is 0 Å². The molecule has 2 aromatic carbocycles. The number of benzene rings is 2. The average Bonchev–Trinajstić information content (AvgIpc) is 2.82. The van der Waals surface area contributed by atoms with Crippen LogP contribution < -0.4 is 10.0 Å². The van der Waals surface area contributed by atoms with Crippen molar-refractivity contribution in [2.45, 2.75) is 38.6 Å². The van der Waals surface area contributed by atoms with E-state index in [1.165, 1.54) is 6.07 Å². The third-order valence-electron chi connectivity index (χ3n) is 4.32. The highest BCUT2D eigenvalue weighted by atomic mass is 32.2. The highest BCUT2D eigenvalue weighted by Crippen LogP contribution is 2.24. The standard InChI is InChI=1S/C20H23N3O3S/c1-12(2)18(20(24)21-15-10-13(3)9-14(4)11-15)22-19-16-7-5-6-8-17(16)27(25,26)23-19/h5-12,18H,1-4H3,(H,21,24)(H,22,23)/t18-/m0/s1. The van der Waals surface area contributed by atoms with E-state index in [0.29, 0.717) is 11.3 Å². The second-order valence-electron chi connectivity index (χ2n) is 7.13. The third-order valence-corrected chi connectivity index (χ3v) is 5.72. The number of sulfonamides is 1. The lowest BCUT2D eigenvalue weighted by Crippen LogP contribution is -2.34. The van der Waals surface area contributed by atoms with Crippen LogP contribution in [0.25, 0.3) is 0 Å². The molecule has 1 amide bonds. The van der Waals surface area contributed by atoms with Gasteiger partial charge in [-0.3, -0.25) is 14.5 Å². The summed E-state index contributed by atoms with van der Waals surface area (Å²) in [4.78, 5) is 17.5. The first-order chi connectivity index (χ1) is 12.7. The molecule has 0 aromatic heterocycles. The van der Waals surface area contributed by atoms with Gasteiger partial charge in [-0.2, -0.15) is 0 Å². The molecule has 1 aliphatic heterocycles. The van der Waals surface area contributed by atoms with Gasteiger partial charge in [-0.25, -0.2) is 8.42 Å². The van der Waals surface area contributed by atoms with Crippen LogP contribution in [0.15, 0.2) is 52.4 Å². The number of rotatable bonds is 4. The Morgan fingerprint density at radius 1 is 1.07 bits per heavy atom. The molecule has 0 bridgehead atoms. The summed E-state index contributed by atoms with van der Waals surface area (Å²) in [5.41, 5.74) is 3.29. The molecule has 0 radical (unpaired) electrons. The highest BCUT2D eigenvalue weighted by Gasteiger charge is 2.32. The second-order valence-corrected chi connectivity index (χ2v) is 8.78. The van der Waals surface area contributed by atoms with Crippen LogP contribution in [0.5, 0.6) is 0 Å². The Morgan fingerprint density at radius 2 is 1.70 bits per heavy atom. The minimum atomic E-state index is -3.63. The summed E-state index contributed by atoms with van der Waals surface area (Å²) >= 11 is 0. The molecule has 0 fully saturated rings. The van der Waals surface area contributed by atoms with Gasteiger partial charge >= 0.3 is 0 Å². The molecule has 2 N–H and O–H groups in total. The minimum Gasteiger partial charge on any atom is -0.324 e. The molecule has 0 saturated carbocycles. The quantitative estimate of drug-likeness (QED) is 0.848. The predicted octanol–water partition coefficient (Wildman–Crippen LogP) is 3.01. The van der Waals surface area contributed by atoms with Crippen molar-refractivity contribution in [1.82, 2.24) is 4.72 Å². The number of aryl methyl sites for hydroxylation is 2. The van der Waals surface area contributed by atoms with E-state index < -0.39 is 16.1 Å². The third kappa shape index (κ3) is 4.03. The molecular formula is C20H23N3O3S. The lowest BCUT2D eigenvalue weighted by atomic mass is 10.0. The van der Waals surface area contributed by atoms with Gasteiger partial charge in [-0.05, 0) is 55.2 Å². The van der Waals surface area contributed by atoms with Crippen LogP contribution in [0, 0.1) is 19.8 Å². The number of hydrogen-bond donors (Lipinski definition) is 2. The van der Waals surface area contributed by atoms with Crippen LogP contribution in [0.4, 0.5) is 5.69 Å². The number of amides is 1. The average molecular weight is 385 g/mol. The molecule has 7 heteroatoms. The van der Waals surface area contributed by atoms with Gasteiger partial charge in [0.1, 0.15) is 11.9 Å². The Morgan fingerprint density at radius 3 is 2.33 bits per heavy atom. The van der Waals surface area contributed by atoms with Gasteiger partial charge in [-0.15, -0.1) is 0 Å². The van der Waals surface area contributed by atoms with Crippen molar-refractivity contribution >= 4 is 27.5 Å². The molecular weight excluding hydrogens is 362 g/mol. The van der Waals surface area contributed by atoms with E-state index in [1.54, 1.807) is 18.2 Å². The molecule has 1 atom stereocenters. The molecule has 6 nitrogen and oxygen atoms in total. The summed E-state index contributed by atoms with van der Waals surface area (Å²) in [7, 11) is -3.63. The zero-order valence-electron chi connectivity index (χ0n) is 15.8. The molecule has 142 valence electrons. The fourth-order valence-electron chi connectivity index (χ4n) is 3.14. The van der Waals surface area contributed by atoms with Gasteiger partial charge in [0.2, 0.25) is 5.91 Å². The maximum absolute atomic E-state index is 12.8. The van der Waals surface area contributed by atoms with E-state index in [-0.39, 0.29) is 22.6 Å². The maximum Gasteiger partial charge on any atom is 0.263 e. The van der Waals surface area contributed by atoms with Crippen LogP contribution in [0.1, 0.15) is 30.5 Å². The molecule has 2 aromatic rings. The van der Waals surface area contributed by atoms with Crippen molar-refractivity contribution in [2.24, 2.45) is 10.9 Å². The van der Waals surface area contributed by atoms with Gasteiger partial charge in [0, 0.05) is 11.3 Å². The number of amidine groups is 1. The summed E-state index contributed by atoms with van der Waals surface area (Å²) in [5, 5.41) is 2.90. The largest absolute Gasteiger partial charge is 0.324 e. The molecule has 0 spiro atoms. The Hall–Kier alpha value is -2.67. The van der Waals surface area contributed by atoms with E-state index in [0.717, 1.165) is 11.1 Å². The fourth-order valence-corrected chi connectivity index (χ4v) is 4.38. The first-order valence-corrected chi connectivity index (χ1v) is 10.2. The lowest BCUT2D eigenvalue weighted by molar-refractivity contribution is -0.118. The minimum absolute atomic E-state index is 0.110. The van der Waals surface area contributed by atoms with E-state index in [9.17, 15) is 13.2 Å². The van der Waals surface area contributed by atoms with Gasteiger partial charge in [0.05, 0.1) is 4.90 Å². The smallest absolute Gasteiger partial charge is 0.263 e. The zero-order valence-corrected chi connectivity index (χ0v) is 16.6. The monoisotopic (exact) mass is 385 g/mol. The SMILES string of the molecule is Cc1cc(C)cc(NC(=O)[C@@H](N=C2NS(=O)(=O)c3ccccc32)C(C)C)c1. The van der Waals surface area contributed by atoms with Crippen molar-refractivity contribution in [1.29, 1.82) is 0 Å². The van der Waals surface area contributed by atoms with Gasteiger partial charge in [-0.1, -0.05) is 32.0 Å². The van der Waals surface area contributed by atoms with Crippen LogP contribution in [0.3, 0.4) is 0 Å². The number of anilines is 1. The summed E-state index contributed by atoms with van der Waals surface area (Å²) in [6.07, 6.45) is 0. The topological polar surface area (TPSA) is 87.6 Å². The lowest BCUT2D eigenvalue weighted by Gasteiger charge is -2.18. The maximum atomic E-state index is 12.8. The van der Waals surface area contributed by atoms with E-state index in [2.05, 4.69) is 15.0 Å². The molecule has 27 heavy (non-hydrogen) atoms. The van der Waals surface area contributed by atoms with Crippen molar-refractivity contribution in [3.8, 4) is 0 Å². The number of hydrogen-bond acceptors (Lipinski definition) is 4. The highest BCUT2D eigenvalue weighted by molar-refractivity contribution is 7.90. The van der Waals surface area contributed by atoms with E-state index >= 15 is 0 Å². The van der Waals surface area contributed by atoms with Crippen LogP contribution in [-0.4, -0.2) is 26.2 Å². The van der Waals surface area contributed by atoms with Crippen LogP contribution in [-0.2, 0) is 14.8 Å². The Labute approximate surface area is 159 Å². The molecule has 1 heterocycles. The summed E-state index contributed by atoms with van der Waals surface area (Å²) in [6.45, 7) is 7.69. The number of carbonyl (C=O) groups is 1. The Bertz CT molecular complexity index is 1010.